The van der Waals surface area contributed by atoms with Gasteiger partial charge in [-0.2, -0.15) is 5.26 Å². The minimum atomic E-state index is -0.180. The van der Waals surface area contributed by atoms with Crippen LogP contribution >= 0.6 is 11.8 Å². The zero-order chi connectivity index (χ0) is 17.6. The number of carbonyl (C=O) groups is 1. The standard InChI is InChI=1S/C17H14N4O3S/c1-11-13(8-18)17(21-16(20-11)14-5-3-7-24-14)25-10-15(22)19-9-12-4-2-6-23-12/h2-7H,9-10H2,1H3,(H,19,22). The van der Waals surface area contributed by atoms with Crippen LogP contribution in [0.2, 0.25) is 0 Å². The zero-order valence-electron chi connectivity index (χ0n) is 13.4. The minimum absolute atomic E-state index is 0.128. The summed E-state index contributed by atoms with van der Waals surface area (Å²) in [7, 11) is 0. The van der Waals surface area contributed by atoms with Gasteiger partial charge >= 0.3 is 0 Å². The summed E-state index contributed by atoms with van der Waals surface area (Å²) in [5.41, 5.74) is 0.904. The molecule has 25 heavy (non-hydrogen) atoms. The third-order valence-electron chi connectivity index (χ3n) is 3.29. The van der Waals surface area contributed by atoms with Crippen LogP contribution in [0.15, 0.2) is 50.7 Å². The molecular weight excluding hydrogens is 340 g/mol. The zero-order valence-corrected chi connectivity index (χ0v) is 14.2. The molecule has 3 aromatic rings. The Morgan fingerprint density at radius 2 is 2.08 bits per heavy atom. The monoisotopic (exact) mass is 354 g/mol. The molecule has 126 valence electrons. The molecule has 3 aromatic heterocycles. The Morgan fingerprint density at radius 3 is 2.76 bits per heavy atom. The molecule has 0 aliphatic heterocycles. The van der Waals surface area contributed by atoms with Crippen LogP contribution in [-0.2, 0) is 11.3 Å². The van der Waals surface area contributed by atoms with Crippen molar-refractivity contribution in [3.63, 3.8) is 0 Å². The van der Waals surface area contributed by atoms with Crippen LogP contribution in [-0.4, -0.2) is 21.6 Å². The number of nitriles is 1. The van der Waals surface area contributed by atoms with Crippen molar-refractivity contribution in [3.8, 4) is 17.7 Å². The molecule has 0 radical (unpaired) electrons. The van der Waals surface area contributed by atoms with Gasteiger partial charge in [-0.3, -0.25) is 4.79 Å². The lowest BCUT2D eigenvalue weighted by Crippen LogP contribution is -2.24. The first kappa shape index (κ1) is 16.8. The van der Waals surface area contributed by atoms with E-state index in [0.717, 1.165) is 0 Å². The first-order chi connectivity index (χ1) is 12.2. The number of nitrogens with one attached hydrogen (secondary N) is 1. The number of thioether (sulfide) groups is 1. The fourth-order valence-corrected chi connectivity index (χ4v) is 2.94. The van der Waals surface area contributed by atoms with Crippen molar-refractivity contribution in [1.82, 2.24) is 15.3 Å². The second-order valence-electron chi connectivity index (χ2n) is 5.05. The quantitative estimate of drug-likeness (QED) is 0.536. The van der Waals surface area contributed by atoms with Crippen molar-refractivity contribution >= 4 is 17.7 Å². The highest BCUT2D eigenvalue weighted by Crippen LogP contribution is 2.25. The average Bonchev–Trinajstić information content (AvgIpc) is 3.30. The summed E-state index contributed by atoms with van der Waals surface area (Å²) in [4.78, 5) is 20.6. The van der Waals surface area contributed by atoms with E-state index in [1.165, 1.54) is 18.0 Å². The van der Waals surface area contributed by atoms with Gasteiger partial charge < -0.3 is 14.2 Å². The number of hydrogen-bond acceptors (Lipinski definition) is 7. The van der Waals surface area contributed by atoms with Crippen molar-refractivity contribution in [2.24, 2.45) is 0 Å². The van der Waals surface area contributed by atoms with Crippen LogP contribution in [0.3, 0.4) is 0 Å². The van der Waals surface area contributed by atoms with Gasteiger partial charge in [0.1, 0.15) is 22.4 Å². The van der Waals surface area contributed by atoms with E-state index in [-0.39, 0.29) is 11.7 Å². The van der Waals surface area contributed by atoms with Crippen LogP contribution in [0.25, 0.3) is 11.6 Å². The van der Waals surface area contributed by atoms with E-state index in [2.05, 4.69) is 21.4 Å². The molecule has 7 nitrogen and oxygen atoms in total. The first-order valence-corrected chi connectivity index (χ1v) is 8.40. The van der Waals surface area contributed by atoms with Crippen LogP contribution in [0.4, 0.5) is 0 Å². The molecule has 0 spiro atoms. The summed E-state index contributed by atoms with van der Waals surface area (Å²) in [5.74, 6) is 1.52. The highest BCUT2D eigenvalue weighted by atomic mass is 32.2. The largest absolute Gasteiger partial charge is 0.467 e. The molecule has 0 saturated carbocycles. The topological polar surface area (TPSA) is 105 Å². The van der Waals surface area contributed by atoms with E-state index in [1.54, 1.807) is 37.5 Å². The van der Waals surface area contributed by atoms with E-state index < -0.39 is 0 Å². The molecule has 0 aliphatic carbocycles. The van der Waals surface area contributed by atoms with E-state index in [1.807, 2.05) is 0 Å². The molecule has 8 heteroatoms. The predicted molar refractivity (Wildman–Crippen MR) is 90.5 cm³/mol. The number of furan rings is 2. The van der Waals surface area contributed by atoms with Gasteiger partial charge in [0.15, 0.2) is 11.6 Å². The number of rotatable bonds is 6. The first-order valence-electron chi connectivity index (χ1n) is 7.42. The fourth-order valence-electron chi connectivity index (χ4n) is 2.08. The lowest BCUT2D eigenvalue weighted by Gasteiger charge is -2.07. The molecule has 0 atom stereocenters. The molecule has 3 heterocycles. The Labute approximate surface area is 148 Å². The van der Waals surface area contributed by atoms with Crippen molar-refractivity contribution in [2.75, 3.05) is 5.75 Å². The third kappa shape index (κ3) is 4.08. The molecule has 0 aromatic carbocycles. The molecule has 0 aliphatic rings. The molecule has 1 N–H and O–H groups in total. The minimum Gasteiger partial charge on any atom is -0.467 e. The summed E-state index contributed by atoms with van der Waals surface area (Å²) < 4.78 is 10.5. The van der Waals surface area contributed by atoms with Gasteiger partial charge in [0.05, 0.1) is 30.5 Å². The van der Waals surface area contributed by atoms with Gasteiger partial charge in [-0.1, -0.05) is 11.8 Å². The number of hydrogen-bond donors (Lipinski definition) is 1. The van der Waals surface area contributed by atoms with Crippen LogP contribution in [0.5, 0.6) is 0 Å². The Hall–Kier alpha value is -3.05. The van der Waals surface area contributed by atoms with Crippen LogP contribution in [0.1, 0.15) is 17.0 Å². The Morgan fingerprint density at radius 1 is 1.28 bits per heavy atom. The van der Waals surface area contributed by atoms with E-state index >= 15 is 0 Å². The normalized spacial score (nSPS) is 10.4. The summed E-state index contributed by atoms with van der Waals surface area (Å²) >= 11 is 1.18. The molecule has 0 saturated heterocycles. The number of nitrogens with zero attached hydrogens (tertiary/aromatic N) is 3. The number of amides is 1. The summed E-state index contributed by atoms with van der Waals surface area (Å²) in [6.07, 6.45) is 3.08. The predicted octanol–water partition coefficient (Wildman–Crippen LogP) is 2.92. The van der Waals surface area contributed by atoms with E-state index in [0.29, 0.717) is 40.2 Å². The molecule has 0 bridgehead atoms. The Kier molecular flexibility index (Phi) is 5.16. The fraction of sp³-hybridized carbons (Fsp3) is 0.176. The summed E-state index contributed by atoms with van der Waals surface area (Å²) in [6.45, 7) is 2.05. The molecule has 0 unspecified atom stereocenters. The van der Waals surface area contributed by atoms with Gasteiger partial charge in [0, 0.05) is 0 Å². The maximum atomic E-state index is 12.0. The smallest absolute Gasteiger partial charge is 0.230 e. The number of aromatic nitrogens is 2. The second-order valence-corrected chi connectivity index (χ2v) is 6.01. The van der Waals surface area contributed by atoms with Crippen molar-refractivity contribution in [1.29, 1.82) is 5.26 Å². The van der Waals surface area contributed by atoms with Gasteiger partial charge in [-0.05, 0) is 31.2 Å². The van der Waals surface area contributed by atoms with Crippen molar-refractivity contribution in [3.05, 3.63) is 53.8 Å². The van der Waals surface area contributed by atoms with Crippen LogP contribution in [0, 0.1) is 18.3 Å². The van der Waals surface area contributed by atoms with Crippen molar-refractivity contribution < 1.29 is 13.6 Å². The van der Waals surface area contributed by atoms with Gasteiger partial charge in [-0.15, -0.1) is 0 Å². The molecular formula is C17H14N4O3S. The second kappa shape index (κ2) is 7.68. The van der Waals surface area contributed by atoms with Gasteiger partial charge in [-0.25, -0.2) is 9.97 Å². The van der Waals surface area contributed by atoms with E-state index in [9.17, 15) is 10.1 Å². The maximum Gasteiger partial charge on any atom is 0.230 e. The lowest BCUT2D eigenvalue weighted by molar-refractivity contribution is -0.118. The number of aryl methyl sites for hydroxylation is 1. The Balaban J connectivity index is 1.70. The number of carbonyl (C=O) groups excluding carboxylic acids is 1. The molecule has 3 rings (SSSR count). The molecule has 0 fully saturated rings. The summed E-state index contributed by atoms with van der Waals surface area (Å²) in [6, 6.07) is 9.11. The Bertz CT molecular complexity index is 899. The van der Waals surface area contributed by atoms with Gasteiger partial charge in [0.25, 0.3) is 0 Å². The molecule has 1 amide bonds. The maximum absolute atomic E-state index is 12.0. The summed E-state index contributed by atoms with van der Waals surface area (Å²) in [5, 5.41) is 12.5. The highest BCUT2D eigenvalue weighted by molar-refractivity contribution is 8.00. The van der Waals surface area contributed by atoms with Crippen LogP contribution < -0.4 is 5.32 Å². The highest BCUT2D eigenvalue weighted by Gasteiger charge is 2.16. The average molecular weight is 354 g/mol. The van der Waals surface area contributed by atoms with Crippen molar-refractivity contribution in [2.45, 2.75) is 18.5 Å². The third-order valence-corrected chi connectivity index (χ3v) is 4.27. The van der Waals surface area contributed by atoms with E-state index in [4.69, 9.17) is 8.83 Å². The SMILES string of the molecule is Cc1nc(-c2ccco2)nc(SCC(=O)NCc2ccco2)c1C#N. The lowest BCUT2D eigenvalue weighted by atomic mass is 10.2. The van der Waals surface area contributed by atoms with Gasteiger partial charge in [0.2, 0.25) is 5.91 Å².